The Kier molecular flexibility index (Phi) is 5.98. The third-order valence-electron chi connectivity index (χ3n) is 2.85. The van der Waals surface area contributed by atoms with Gasteiger partial charge in [0.2, 0.25) is 5.95 Å². The number of anilines is 2. The van der Waals surface area contributed by atoms with Crippen LogP contribution < -0.4 is 20.9 Å². The normalized spacial score (nSPS) is 10.6. The van der Waals surface area contributed by atoms with E-state index in [-0.39, 0.29) is 11.8 Å². The van der Waals surface area contributed by atoms with Crippen molar-refractivity contribution in [2.45, 2.75) is 13.3 Å². The smallest absolute Gasteiger partial charge is 0.222 e. The number of hydrogen-bond acceptors (Lipinski definition) is 6. The van der Waals surface area contributed by atoms with E-state index in [2.05, 4.69) is 9.97 Å². The molecule has 0 bridgehead atoms. The molecular formula is C14H15Cl3N4O2. The van der Waals surface area contributed by atoms with Crippen molar-refractivity contribution in [3.63, 3.8) is 0 Å². The highest BCUT2D eigenvalue weighted by atomic mass is 35.5. The lowest BCUT2D eigenvalue weighted by Gasteiger charge is -2.12. The van der Waals surface area contributed by atoms with Crippen molar-refractivity contribution in [1.82, 2.24) is 9.97 Å². The van der Waals surface area contributed by atoms with Crippen molar-refractivity contribution < 1.29 is 9.47 Å². The van der Waals surface area contributed by atoms with E-state index in [1.807, 2.05) is 0 Å². The third-order valence-corrected chi connectivity index (χ3v) is 3.86. The van der Waals surface area contributed by atoms with Crippen LogP contribution in [0.5, 0.6) is 11.5 Å². The molecule has 0 amide bonds. The first-order valence-electron chi connectivity index (χ1n) is 6.68. The van der Waals surface area contributed by atoms with Crippen molar-refractivity contribution >= 4 is 46.6 Å². The summed E-state index contributed by atoms with van der Waals surface area (Å²) in [4.78, 5) is 7.85. The monoisotopic (exact) mass is 376 g/mol. The van der Waals surface area contributed by atoms with Gasteiger partial charge in [-0.05, 0) is 13.0 Å². The summed E-state index contributed by atoms with van der Waals surface area (Å²) in [7, 11) is 0. The number of rotatable bonds is 6. The van der Waals surface area contributed by atoms with E-state index in [0.29, 0.717) is 51.9 Å². The van der Waals surface area contributed by atoms with E-state index in [0.717, 1.165) is 0 Å². The van der Waals surface area contributed by atoms with E-state index in [4.69, 9.17) is 55.7 Å². The topological polar surface area (TPSA) is 96.3 Å². The SMILES string of the molecule is Cc1nc(N)nc(N)c1OCCCOc1cc(Cl)c(Cl)cc1Cl. The average molecular weight is 378 g/mol. The quantitative estimate of drug-likeness (QED) is 0.588. The number of aromatic nitrogens is 2. The van der Waals surface area contributed by atoms with Gasteiger partial charge in [0.25, 0.3) is 0 Å². The van der Waals surface area contributed by atoms with Gasteiger partial charge < -0.3 is 20.9 Å². The molecule has 1 heterocycles. The minimum Gasteiger partial charge on any atom is -0.492 e. The van der Waals surface area contributed by atoms with E-state index in [1.165, 1.54) is 6.07 Å². The van der Waals surface area contributed by atoms with Gasteiger partial charge in [0.05, 0.1) is 34.0 Å². The van der Waals surface area contributed by atoms with Crippen LogP contribution in [-0.4, -0.2) is 23.2 Å². The Morgan fingerprint density at radius 2 is 1.61 bits per heavy atom. The van der Waals surface area contributed by atoms with Gasteiger partial charge in [-0.2, -0.15) is 4.98 Å². The Hall–Kier alpha value is -1.63. The summed E-state index contributed by atoms with van der Waals surface area (Å²) < 4.78 is 11.1. The Labute approximate surface area is 148 Å². The molecule has 0 unspecified atom stereocenters. The first-order chi connectivity index (χ1) is 10.9. The van der Waals surface area contributed by atoms with Crippen LogP contribution >= 0.6 is 34.8 Å². The molecule has 0 fully saturated rings. The van der Waals surface area contributed by atoms with Crippen molar-refractivity contribution in [2.24, 2.45) is 0 Å². The molecule has 23 heavy (non-hydrogen) atoms. The predicted octanol–water partition coefficient (Wildman–Crippen LogP) is 3.76. The van der Waals surface area contributed by atoms with Crippen LogP contribution in [0, 0.1) is 6.92 Å². The van der Waals surface area contributed by atoms with Crippen molar-refractivity contribution in [3.05, 3.63) is 32.9 Å². The molecule has 1 aromatic carbocycles. The fourth-order valence-electron chi connectivity index (χ4n) is 1.82. The molecule has 124 valence electrons. The van der Waals surface area contributed by atoms with Crippen LogP contribution in [0.1, 0.15) is 12.1 Å². The molecule has 9 heteroatoms. The number of ether oxygens (including phenoxy) is 2. The van der Waals surface area contributed by atoms with E-state index >= 15 is 0 Å². The fraction of sp³-hybridized carbons (Fsp3) is 0.286. The zero-order valence-corrected chi connectivity index (χ0v) is 14.5. The summed E-state index contributed by atoms with van der Waals surface area (Å²) in [6, 6.07) is 3.11. The molecule has 1 aromatic heterocycles. The molecule has 0 aliphatic rings. The van der Waals surface area contributed by atoms with Crippen molar-refractivity contribution in [2.75, 3.05) is 24.7 Å². The molecule has 0 aliphatic heterocycles. The molecule has 0 spiro atoms. The first-order valence-corrected chi connectivity index (χ1v) is 7.81. The maximum Gasteiger partial charge on any atom is 0.222 e. The Balaban J connectivity index is 1.84. The highest BCUT2D eigenvalue weighted by Gasteiger charge is 2.10. The Morgan fingerprint density at radius 1 is 0.957 bits per heavy atom. The second-order valence-electron chi connectivity index (χ2n) is 4.63. The molecule has 2 aromatic rings. The molecule has 2 rings (SSSR count). The summed E-state index contributed by atoms with van der Waals surface area (Å²) in [6.07, 6.45) is 0.597. The van der Waals surface area contributed by atoms with Crippen LogP contribution in [0.15, 0.2) is 12.1 Å². The lowest BCUT2D eigenvalue weighted by Crippen LogP contribution is -2.10. The van der Waals surface area contributed by atoms with Gasteiger partial charge in [0, 0.05) is 12.5 Å². The van der Waals surface area contributed by atoms with Crippen molar-refractivity contribution in [3.8, 4) is 11.5 Å². The summed E-state index contributed by atoms with van der Waals surface area (Å²) in [5.41, 5.74) is 11.8. The zero-order valence-electron chi connectivity index (χ0n) is 12.3. The van der Waals surface area contributed by atoms with E-state index in [9.17, 15) is 0 Å². The molecular weight excluding hydrogens is 363 g/mol. The predicted molar refractivity (Wildman–Crippen MR) is 92.7 cm³/mol. The number of benzene rings is 1. The zero-order chi connectivity index (χ0) is 17.0. The van der Waals surface area contributed by atoms with Gasteiger partial charge in [-0.15, -0.1) is 0 Å². The maximum atomic E-state index is 6.02. The second-order valence-corrected chi connectivity index (χ2v) is 5.85. The highest BCUT2D eigenvalue weighted by Crippen LogP contribution is 2.33. The Bertz CT molecular complexity index is 690. The van der Waals surface area contributed by atoms with Crippen LogP contribution in [0.25, 0.3) is 0 Å². The van der Waals surface area contributed by atoms with Gasteiger partial charge >= 0.3 is 0 Å². The Morgan fingerprint density at radius 3 is 2.30 bits per heavy atom. The second kappa shape index (κ2) is 7.77. The summed E-state index contributed by atoms with van der Waals surface area (Å²) in [5.74, 6) is 1.22. The molecule has 0 atom stereocenters. The highest BCUT2D eigenvalue weighted by molar-refractivity contribution is 6.43. The van der Waals surface area contributed by atoms with Gasteiger partial charge in [0.1, 0.15) is 5.75 Å². The van der Waals surface area contributed by atoms with Gasteiger partial charge in [-0.25, -0.2) is 4.98 Å². The minimum atomic E-state index is 0.116. The van der Waals surface area contributed by atoms with E-state index < -0.39 is 0 Å². The van der Waals surface area contributed by atoms with Crippen LogP contribution in [0.3, 0.4) is 0 Å². The summed E-state index contributed by atoms with van der Waals surface area (Å²) >= 11 is 17.8. The van der Waals surface area contributed by atoms with Crippen LogP contribution in [0.2, 0.25) is 15.1 Å². The number of aryl methyl sites for hydroxylation is 1. The number of nitrogens with zero attached hydrogens (tertiary/aromatic N) is 2. The number of halogens is 3. The number of nitrogens with two attached hydrogens (primary N) is 2. The van der Waals surface area contributed by atoms with Gasteiger partial charge in [0.15, 0.2) is 11.6 Å². The fourth-order valence-corrected chi connectivity index (χ4v) is 2.41. The molecule has 0 saturated carbocycles. The van der Waals surface area contributed by atoms with E-state index in [1.54, 1.807) is 13.0 Å². The van der Waals surface area contributed by atoms with Crippen molar-refractivity contribution in [1.29, 1.82) is 0 Å². The maximum absolute atomic E-state index is 6.02. The average Bonchev–Trinajstić information content (AvgIpc) is 2.46. The molecule has 0 aliphatic carbocycles. The first kappa shape index (κ1) is 17.7. The van der Waals surface area contributed by atoms with Gasteiger partial charge in [-0.1, -0.05) is 34.8 Å². The third kappa shape index (κ3) is 4.67. The minimum absolute atomic E-state index is 0.116. The number of hydrogen-bond donors (Lipinski definition) is 2. The summed E-state index contributed by atoms with van der Waals surface area (Å²) in [6.45, 7) is 2.50. The molecule has 4 N–H and O–H groups in total. The molecule has 0 radical (unpaired) electrons. The number of nitrogen functional groups attached to an aromatic ring is 2. The lowest BCUT2D eigenvalue weighted by atomic mass is 10.3. The summed E-state index contributed by atoms with van der Waals surface area (Å²) in [5, 5.41) is 1.15. The molecule has 6 nitrogen and oxygen atoms in total. The van der Waals surface area contributed by atoms with Gasteiger partial charge in [-0.3, -0.25) is 0 Å². The van der Waals surface area contributed by atoms with Crippen LogP contribution in [-0.2, 0) is 0 Å². The van der Waals surface area contributed by atoms with Crippen LogP contribution in [0.4, 0.5) is 11.8 Å². The largest absolute Gasteiger partial charge is 0.492 e. The molecule has 0 saturated heterocycles. The standard InChI is InChI=1S/C14H15Cl3N4O2/c1-7-12(13(18)21-14(19)20-7)23-4-2-3-22-11-6-9(16)8(15)5-10(11)17/h5-6H,2-4H2,1H3,(H4,18,19,20,21). The lowest BCUT2D eigenvalue weighted by molar-refractivity contribution is 0.246.